The fourth-order valence-electron chi connectivity index (χ4n) is 2.61. The summed E-state index contributed by atoms with van der Waals surface area (Å²) in [7, 11) is 0. The lowest BCUT2D eigenvalue weighted by Crippen LogP contribution is -1.95. The Morgan fingerprint density at radius 2 is 1.24 bits per heavy atom. The summed E-state index contributed by atoms with van der Waals surface area (Å²) in [5.41, 5.74) is -0.0671. The number of unbranched alkanes of at least 4 members (excludes halogenated alkanes) is 11. The van der Waals surface area contributed by atoms with Crippen LogP contribution in [0.25, 0.3) is 0 Å². The van der Waals surface area contributed by atoms with Gasteiger partial charge in [0, 0.05) is 6.61 Å². The molecule has 144 valence electrons. The van der Waals surface area contributed by atoms with Crippen molar-refractivity contribution in [2.24, 2.45) is 0 Å². The van der Waals surface area contributed by atoms with Crippen molar-refractivity contribution in [3.8, 4) is 5.75 Å². The molecular formula is C21H36O4. The number of benzene rings is 1. The Kier molecular flexibility index (Phi) is 16.2. The van der Waals surface area contributed by atoms with Crippen molar-refractivity contribution < 1.29 is 20.1 Å². The molecule has 1 aromatic carbocycles. The Morgan fingerprint density at radius 3 is 1.60 bits per heavy atom. The van der Waals surface area contributed by atoms with Crippen molar-refractivity contribution in [1.29, 1.82) is 0 Å². The van der Waals surface area contributed by atoms with Crippen molar-refractivity contribution in [1.82, 2.24) is 0 Å². The number of carbonyl (C=O) groups is 1. The van der Waals surface area contributed by atoms with E-state index in [0.29, 0.717) is 6.61 Å². The van der Waals surface area contributed by atoms with E-state index in [1.807, 2.05) is 0 Å². The summed E-state index contributed by atoms with van der Waals surface area (Å²) >= 11 is 0. The highest BCUT2D eigenvalue weighted by Crippen LogP contribution is 2.14. The minimum atomic E-state index is -1.11. The van der Waals surface area contributed by atoms with Gasteiger partial charge in [-0.25, -0.2) is 4.79 Å². The van der Waals surface area contributed by atoms with E-state index in [0.717, 1.165) is 6.42 Å². The molecule has 3 N–H and O–H groups in total. The van der Waals surface area contributed by atoms with E-state index >= 15 is 0 Å². The van der Waals surface area contributed by atoms with Gasteiger partial charge in [0.25, 0.3) is 0 Å². The normalized spacial score (nSPS) is 10.2. The molecule has 4 heteroatoms. The Bertz CT molecular complexity index is 420. The number of phenols is 1. The van der Waals surface area contributed by atoms with Crippen molar-refractivity contribution in [2.75, 3.05) is 6.61 Å². The molecule has 0 aliphatic carbocycles. The second-order valence-electron chi connectivity index (χ2n) is 6.43. The standard InChI is InChI=1S/C14H30O.C7H6O3/c1-2-3-4-5-6-7-8-9-10-11-12-13-14-15;8-6-4-2-1-3-5(6)7(9)10/h15H,2-14H2,1H3;1-4,8H,(H,9,10). The maximum absolute atomic E-state index is 10.3. The molecule has 1 rings (SSSR count). The zero-order valence-electron chi connectivity index (χ0n) is 15.8. The number of aromatic hydroxyl groups is 1. The second kappa shape index (κ2) is 17.3. The maximum Gasteiger partial charge on any atom is 0.339 e. The van der Waals surface area contributed by atoms with Gasteiger partial charge in [-0.3, -0.25) is 0 Å². The van der Waals surface area contributed by atoms with Crippen LogP contribution in [0.3, 0.4) is 0 Å². The molecule has 0 atom stereocenters. The average molecular weight is 353 g/mol. The summed E-state index contributed by atoms with van der Waals surface area (Å²) in [5, 5.41) is 25.9. The average Bonchev–Trinajstić information content (AvgIpc) is 2.60. The third kappa shape index (κ3) is 14.5. The Balaban J connectivity index is 0.000000496. The summed E-state index contributed by atoms with van der Waals surface area (Å²) in [6, 6.07) is 5.81. The van der Waals surface area contributed by atoms with E-state index in [-0.39, 0.29) is 11.3 Å². The molecule has 1 aromatic rings. The van der Waals surface area contributed by atoms with Gasteiger partial charge in [0.15, 0.2) is 0 Å². The van der Waals surface area contributed by atoms with Gasteiger partial charge < -0.3 is 15.3 Å². The van der Waals surface area contributed by atoms with Crippen LogP contribution in [-0.4, -0.2) is 27.9 Å². The summed E-state index contributed by atoms with van der Waals surface area (Å²) in [4.78, 5) is 10.3. The highest BCUT2D eigenvalue weighted by Gasteiger charge is 2.05. The largest absolute Gasteiger partial charge is 0.507 e. The lowest BCUT2D eigenvalue weighted by molar-refractivity contribution is 0.0693. The van der Waals surface area contributed by atoms with Crippen LogP contribution in [0.1, 0.15) is 94.3 Å². The van der Waals surface area contributed by atoms with Crippen LogP contribution >= 0.6 is 0 Å². The Hall–Kier alpha value is -1.55. The van der Waals surface area contributed by atoms with Crippen molar-refractivity contribution >= 4 is 5.97 Å². The number of carboxylic acids is 1. The monoisotopic (exact) mass is 352 g/mol. The molecule has 0 radical (unpaired) electrons. The van der Waals surface area contributed by atoms with E-state index in [1.165, 1.54) is 82.8 Å². The quantitative estimate of drug-likeness (QED) is 0.394. The van der Waals surface area contributed by atoms with Gasteiger partial charge in [-0.1, -0.05) is 89.7 Å². The molecule has 0 unspecified atom stereocenters. The van der Waals surface area contributed by atoms with Crippen LogP contribution < -0.4 is 0 Å². The first kappa shape index (κ1) is 23.4. The topological polar surface area (TPSA) is 77.8 Å². The van der Waals surface area contributed by atoms with Crippen molar-refractivity contribution in [3.63, 3.8) is 0 Å². The lowest BCUT2D eigenvalue weighted by Gasteiger charge is -2.01. The Morgan fingerprint density at radius 1 is 0.800 bits per heavy atom. The number of rotatable bonds is 13. The molecule has 0 fully saturated rings. The fourth-order valence-corrected chi connectivity index (χ4v) is 2.61. The van der Waals surface area contributed by atoms with E-state index < -0.39 is 5.97 Å². The number of aromatic carboxylic acids is 1. The molecule has 4 nitrogen and oxygen atoms in total. The van der Waals surface area contributed by atoms with Crippen molar-refractivity contribution in [3.05, 3.63) is 29.8 Å². The van der Waals surface area contributed by atoms with E-state index in [4.69, 9.17) is 15.3 Å². The number of aliphatic hydroxyl groups excluding tert-OH is 1. The summed E-state index contributed by atoms with van der Waals surface area (Å²) in [5.74, 6) is -1.31. The molecule has 0 saturated heterocycles. The highest BCUT2D eigenvalue weighted by atomic mass is 16.4. The first-order chi connectivity index (χ1) is 12.1. The van der Waals surface area contributed by atoms with Crippen LogP contribution in [0, 0.1) is 0 Å². The summed E-state index contributed by atoms with van der Waals surface area (Å²) in [6.07, 6.45) is 16.2. The number of aliphatic hydroxyl groups is 1. The SMILES string of the molecule is CCCCCCCCCCCCCCO.O=C(O)c1ccccc1O. The molecule has 25 heavy (non-hydrogen) atoms. The molecule has 0 aromatic heterocycles. The van der Waals surface area contributed by atoms with Gasteiger partial charge in [0.05, 0.1) is 0 Å². The first-order valence-corrected chi connectivity index (χ1v) is 9.75. The third-order valence-corrected chi connectivity index (χ3v) is 4.15. The van der Waals surface area contributed by atoms with E-state index in [1.54, 1.807) is 12.1 Å². The predicted molar refractivity (Wildman–Crippen MR) is 103 cm³/mol. The first-order valence-electron chi connectivity index (χ1n) is 9.75. The fraction of sp³-hybridized carbons (Fsp3) is 0.667. The molecule has 0 amide bonds. The smallest absolute Gasteiger partial charge is 0.339 e. The van der Waals surface area contributed by atoms with Gasteiger partial charge >= 0.3 is 5.97 Å². The second-order valence-corrected chi connectivity index (χ2v) is 6.43. The lowest BCUT2D eigenvalue weighted by atomic mass is 10.1. The predicted octanol–water partition coefficient (Wildman–Crippen LogP) is 5.77. The minimum absolute atomic E-state index is 0.0671. The Labute approximate surface area is 152 Å². The van der Waals surface area contributed by atoms with Gasteiger partial charge in [0.1, 0.15) is 11.3 Å². The molecule has 0 heterocycles. The summed E-state index contributed by atoms with van der Waals surface area (Å²) in [6.45, 7) is 2.64. The van der Waals surface area contributed by atoms with E-state index in [2.05, 4.69) is 6.92 Å². The van der Waals surface area contributed by atoms with Crippen LogP contribution in [0.4, 0.5) is 0 Å². The molecular weight excluding hydrogens is 316 g/mol. The zero-order valence-corrected chi connectivity index (χ0v) is 15.8. The van der Waals surface area contributed by atoms with Gasteiger partial charge in [-0.15, -0.1) is 0 Å². The summed E-state index contributed by atoms with van der Waals surface area (Å²) < 4.78 is 0. The number of para-hydroxylation sites is 1. The highest BCUT2D eigenvalue weighted by molar-refractivity contribution is 5.90. The van der Waals surface area contributed by atoms with Crippen LogP contribution in [0.5, 0.6) is 5.75 Å². The van der Waals surface area contributed by atoms with Crippen LogP contribution in [0.2, 0.25) is 0 Å². The molecule has 0 spiro atoms. The molecule has 0 aliphatic rings. The number of hydrogen-bond acceptors (Lipinski definition) is 3. The maximum atomic E-state index is 10.3. The third-order valence-electron chi connectivity index (χ3n) is 4.15. The number of carboxylic acid groups (broad SMARTS) is 1. The van der Waals surface area contributed by atoms with Crippen molar-refractivity contribution in [2.45, 2.75) is 84.0 Å². The molecule has 0 saturated carbocycles. The molecule has 0 aliphatic heterocycles. The molecule has 0 bridgehead atoms. The van der Waals surface area contributed by atoms with Gasteiger partial charge in [-0.05, 0) is 18.6 Å². The minimum Gasteiger partial charge on any atom is -0.507 e. The van der Waals surface area contributed by atoms with Crippen LogP contribution in [0.15, 0.2) is 24.3 Å². The van der Waals surface area contributed by atoms with Gasteiger partial charge in [0.2, 0.25) is 0 Å². The van der Waals surface area contributed by atoms with E-state index in [9.17, 15) is 4.79 Å². The zero-order chi connectivity index (χ0) is 18.8. The van der Waals surface area contributed by atoms with Gasteiger partial charge in [-0.2, -0.15) is 0 Å². The number of hydrogen-bond donors (Lipinski definition) is 3. The van der Waals surface area contributed by atoms with Crippen LogP contribution in [-0.2, 0) is 0 Å².